The molecule has 0 aromatic heterocycles. The summed E-state index contributed by atoms with van der Waals surface area (Å²) in [6.45, 7) is 2.25. The van der Waals surface area contributed by atoms with Crippen LogP contribution in [0.2, 0.25) is 0 Å². The van der Waals surface area contributed by atoms with Gasteiger partial charge in [0.1, 0.15) is 21.6 Å². The summed E-state index contributed by atoms with van der Waals surface area (Å²) >= 11 is 0. The molecule has 0 aliphatic rings. The first-order valence-corrected chi connectivity index (χ1v) is 13.2. The Hall–Kier alpha value is -0.214. The van der Waals surface area contributed by atoms with E-state index in [1.54, 1.807) is 12.1 Å². The largest absolute Gasteiger partial charge is 1.00 e. The van der Waals surface area contributed by atoms with Crippen molar-refractivity contribution in [3.63, 3.8) is 0 Å². The molecule has 0 fully saturated rings. The van der Waals surface area contributed by atoms with E-state index in [1.165, 1.54) is 63.9 Å². The molecule has 0 atom stereocenters. The van der Waals surface area contributed by atoms with Crippen molar-refractivity contribution in [3.05, 3.63) is 54.1 Å². The molecule has 2 aromatic carbocycles. The molecular weight excluding hydrogens is 447 g/mol. The van der Waals surface area contributed by atoms with Crippen LogP contribution in [0.4, 0.5) is 0 Å². The maximum Gasteiger partial charge on any atom is 1.00 e. The standard InChI is InChI=1S/C26H38O4S.K/c1-2-3-4-5-6-7-8-9-10-11-12-16-20-24-25(30-23-18-14-13-15-19-23)21-17-22-26(24)31(27,28)29;/h13-15,17-19,21-22H,2-12,16,20H2,1H3,(H,27,28,29);/q;+1/p-1. The summed E-state index contributed by atoms with van der Waals surface area (Å²) in [5.74, 6) is 1.07. The van der Waals surface area contributed by atoms with E-state index in [0.717, 1.165) is 19.3 Å². The Bertz CT molecular complexity index is 853. The van der Waals surface area contributed by atoms with E-state index < -0.39 is 10.1 Å². The van der Waals surface area contributed by atoms with Crippen LogP contribution in [0.3, 0.4) is 0 Å². The minimum Gasteiger partial charge on any atom is -0.744 e. The Kier molecular flexibility index (Phi) is 16.1. The molecule has 2 aromatic rings. The molecule has 0 N–H and O–H groups in total. The zero-order valence-corrected chi connectivity index (χ0v) is 23.8. The van der Waals surface area contributed by atoms with Crippen LogP contribution in [0.15, 0.2) is 53.4 Å². The topological polar surface area (TPSA) is 66.4 Å². The van der Waals surface area contributed by atoms with Gasteiger partial charge in [-0.3, -0.25) is 0 Å². The fraction of sp³-hybridized carbons (Fsp3) is 0.538. The van der Waals surface area contributed by atoms with Crippen LogP contribution >= 0.6 is 0 Å². The van der Waals surface area contributed by atoms with Crippen LogP contribution < -0.4 is 56.1 Å². The summed E-state index contributed by atoms with van der Waals surface area (Å²) < 4.78 is 41.2. The second-order valence-corrected chi connectivity index (χ2v) is 9.59. The summed E-state index contributed by atoms with van der Waals surface area (Å²) in [6.07, 6.45) is 15.4. The molecule has 0 saturated heterocycles. The molecule has 0 heterocycles. The van der Waals surface area contributed by atoms with Gasteiger partial charge in [0.15, 0.2) is 0 Å². The number of rotatable bonds is 16. The average Bonchev–Trinajstić information content (AvgIpc) is 2.75. The van der Waals surface area contributed by atoms with Crippen molar-refractivity contribution < 1.29 is 69.1 Å². The molecule has 0 spiro atoms. The average molecular weight is 485 g/mol. The van der Waals surface area contributed by atoms with Crippen LogP contribution in [-0.4, -0.2) is 13.0 Å². The molecule has 4 nitrogen and oxygen atoms in total. The number of hydrogen-bond acceptors (Lipinski definition) is 4. The third-order valence-corrected chi connectivity index (χ3v) is 6.53. The van der Waals surface area contributed by atoms with Crippen molar-refractivity contribution in [2.24, 2.45) is 0 Å². The van der Waals surface area contributed by atoms with E-state index in [1.807, 2.05) is 30.3 Å². The number of hydrogen-bond donors (Lipinski definition) is 0. The zero-order chi connectivity index (χ0) is 22.4. The van der Waals surface area contributed by atoms with Crippen LogP contribution in [0.1, 0.15) is 89.5 Å². The van der Waals surface area contributed by atoms with Crippen molar-refractivity contribution in [1.82, 2.24) is 0 Å². The predicted octanol–water partition coefficient (Wildman–Crippen LogP) is 4.63. The van der Waals surface area contributed by atoms with Gasteiger partial charge in [0.05, 0.1) is 4.90 Å². The van der Waals surface area contributed by atoms with E-state index in [9.17, 15) is 13.0 Å². The van der Waals surface area contributed by atoms with Crippen LogP contribution in [0.5, 0.6) is 11.5 Å². The maximum absolute atomic E-state index is 11.8. The number of unbranched alkanes of at least 4 members (excludes halogenated alkanes) is 11. The van der Waals surface area contributed by atoms with E-state index in [0.29, 0.717) is 23.5 Å². The second kappa shape index (κ2) is 17.3. The summed E-state index contributed by atoms with van der Waals surface area (Å²) in [4.78, 5) is -0.163. The predicted molar refractivity (Wildman–Crippen MR) is 126 cm³/mol. The minimum absolute atomic E-state index is 0. The third-order valence-electron chi connectivity index (χ3n) is 5.61. The molecule has 0 aliphatic carbocycles. The molecule has 0 aliphatic heterocycles. The SMILES string of the molecule is CCCCCCCCCCCCCCc1c(Oc2ccccc2)cccc1S(=O)(=O)[O-].[K+]. The smallest absolute Gasteiger partial charge is 0.744 e. The molecule has 6 heteroatoms. The van der Waals surface area contributed by atoms with Crippen molar-refractivity contribution in [1.29, 1.82) is 0 Å². The second-order valence-electron chi connectivity index (χ2n) is 8.24. The van der Waals surface area contributed by atoms with Gasteiger partial charge in [0, 0.05) is 5.56 Å². The fourth-order valence-corrected chi connectivity index (χ4v) is 4.63. The molecule has 0 saturated carbocycles. The molecule has 0 bridgehead atoms. The Morgan fingerprint density at radius 1 is 0.719 bits per heavy atom. The molecule has 0 amide bonds. The van der Waals surface area contributed by atoms with E-state index in [2.05, 4.69) is 6.92 Å². The van der Waals surface area contributed by atoms with Gasteiger partial charge in [0.25, 0.3) is 0 Å². The number of ether oxygens (including phenoxy) is 1. The number of benzene rings is 2. The normalized spacial score (nSPS) is 11.2. The quantitative estimate of drug-likeness (QED) is 0.198. The zero-order valence-electron chi connectivity index (χ0n) is 19.9. The summed E-state index contributed by atoms with van der Waals surface area (Å²) in [6, 6.07) is 13.9. The Labute approximate surface area is 237 Å². The van der Waals surface area contributed by atoms with Gasteiger partial charge in [-0.25, -0.2) is 8.42 Å². The Morgan fingerprint density at radius 3 is 1.78 bits per heavy atom. The first kappa shape index (κ1) is 29.8. The first-order valence-electron chi connectivity index (χ1n) is 11.8. The fourth-order valence-electron chi connectivity index (χ4n) is 3.88. The number of para-hydroxylation sites is 1. The van der Waals surface area contributed by atoms with Crippen LogP contribution in [-0.2, 0) is 16.5 Å². The monoisotopic (exact) mass is 484 g/mol. The van der Waals surface area contributed by atoms with Gasteiger partial charge in [-0.15, -0.1) is 0 Å². The van der Waals surface area contributed by atoms with Crippen LogP contribution in [0, 0.1) is 0 Å². The summed E-state index contributed by atoms with van der Waals surface area (Å²) in [5, 5.41) is 0. The van der Waals surface area contributed by atoms with Crippen molar-refractivity contribution in [2.75, 3.05) is 0 Å². The van der Waals surface area contributed by atoms with Gasteiger partial charge in [-0.2, -0.15) is 0 Å². The minimum atomic E-state index is -4.54. The Balaban J connectivity index is 0.00000512. The van der Waals surface area contributed by atoms with Crippen molar-refractivity contribution in [3.8, 4) is 11.5 Å². The van der Waals surface area contributed by atoms with E-state index >= 15 is 0 Å². The molecule has 2 rings (SSSR count). The van der Waals surface area contributed by atoms with Gasteiger partial charge in [0.2, 0.25) is 0 Å². The first-order chi connectivity index (χ1) is 15.0. The Morgan fingerprint density at radius 2 is 1.25 bits per heavy atom. The van der Waals surface area contributed by atoms with Gasteiger partial charge < -0.3 is 9.29 Å². The van der Waals surface area contributed by atoms with Gasteiger partial charge >= 0.3 is 51.4 Å². The molecule has 0 unspecified atom stereocenters. The summed E-state index contributed by atoms with van der Waals surface area (Å²) in [5.41, 5.74) is 0.494. The molecule has 32 heavy (non-hydrogen) atoms. The van der Waals surface area contributed by atoms with Gasteiger partial charge in [-0.05, 0) is 37.1 Å². The molecule has 0 radical (unpaired) electrons. The molecular formula is C26H37KO4S. The van der Waals surface area contributed by atoms with Crippen molar-refractivity contribution in [2.45, 2.75) is 95.3 Å². The molecule has 172 valence electrons. The van der Waals surface area contributed by atoms with Crippen LogP contribution in [0.25, 0.3) is 0 Å². The van der Waals surface area contributed by atoms with E-state index in [-0.39, 0.29) is 56.3 Å². The van der Waals surface area contributed by atoms with Crippen molar-refractivity contribution >= 4 is 10.1 Å². The van der Waals surface area contributed by atoms with Gasteiger partial charge in [-0.1, -0.05) is 102 Å². The van der Waals surface area contributed by atoms with E-state index in [4.69, 9.17) is 4.74 Å². The maximum atomic E-state index is 11.8. The summed E-state index contributed by atoms with van der Waals surface area (Å²) in [7, 11) is -4.54. The third kappa shape index (κ3) is 11.8.